The van der Waals surface area contributed by atoms with E-state index in [1.165, 1.54) is 19.2 Å². The van der Waals surface area contributed by atoms with E-state index in [1.807, 2.05) is 0 Å². The molecule has 1 aliphatic heterocycles. The minimum Gasteiger partial charge on any atom is -0.390 e. The highest BCUT2D eigenvalue weighted by atomic mass is 32.2. The highest BCUT2D eigenvalue weighted by molar-refractivity contribution is 8.14. The van der Waals surface area contributed by atoms with Crippen LogP contribution in [0.15, 0.2) is 41.3 Å². The van der Waals surface area contributed by atoms with Gasteiger partial charge in [-0.15, -0.1) is 0 Å². The SMILES string of the molecule is CN(C)CC(O)CN1CCN(c2cc(C(F)(F)F)cc(C(F)(F)F)c2SC(=O)N(C)c2ccc(F)cc2)C1=O. The quantitative estimate of drug-likeness (QED) is 0.351. The van der Waals surface area contributed by atoms with Crippen LogP contribution >= 0.6 is 11.8 Å². The molecular formula is C24H25F7N4O3S. The Morgan fingerprint density at radius 3 is 2.18 bits per heavy atom. The van der Waals surface area contributed by atoms with Gasteiger partial charge in [-0.1, -0.05) is 0 Å². The molecule has 15 heteroatoms. The highest BCUT2D eigenvalue weighted by Gasteiger charge is 2.43. The van der Waals surface area contributed by atoms with Crippen LogP contribution in [0, 0.1) is 5.82 Å². The molecule has 1 atom stereocenters. The summed E-state index contributed by atoms with van der Waals surface area (Å²) in [6.45, 7) is -0.389. The first-order chi connectivity index (χ1) is 18.0. The number of carbonyl (C=O) groups is 2. The number of amides is 3. The Hall–Kier alpha value is -3.04. The molecule has 214 valence electrons. The Labute approximate surface area is 223 Å². The molecule has 0 aliphatic carbocycles. The van der Waals surface area contributed by atoms with Gasteiger partial charge in [0.15, 0.2) is 0 Å². The summed E-state index contributed by atoms with van der Waals surface area (Å²) >= 11 is 0.0000731. The van der Waals surface area contributed by atoms with Crippen molar-refractivity contribution in [2.24, 2.45) is 0 Å². The molecule has 1 unspecified atom stereocenters. The summed E-state index contributed by atoms with van der Waals surface area (Å²) in [5.41, 5.74) is -4.00. The molecule has 3 rings (SSSR count). The number of aliphatic hydroxyl groups excluding tert-OH is 1. The van der Waals surface area contributed by atoms with Crippen molar-refractivity contribution in [3.63, 3.8) is 0 Å². The molecule has 1 saturated heterocycles. The standard InChI is InChI=1S/C24H25F7N4O3S/c1-32(2)12-17(36)13-34-8-9-35(21(34)37)19-11-14(23(26,27)28)10-18(24(29,30)31)20(19)39-22(38)33(3)16-6-4-15(25)5-7-16/h4-7,10-11,17,36H,8-9,12-13H2,1-3H3. The number of alkyl halides is 6. The number of halogens is 7. The van der Waals surface area contributed by atoms with Crippen molar-refractivity contribution in [1.82, 2.24) is 9.80 Å². The van der Waals surface area contributed by atoms with Gasteiger partial charge < -0.3 is 19.8 Å². The van der Waals surface area contributed by atoms with Crippen molar-refractivity contribution in [2.75, 3.05) is 57.1 Å². The average molecular weight is 583 g/mol. The number of aliphatic hydroxyl groups is 1. The van der Waals surface area contributed by atoms with Crippen molar-refractivity contribution in [3.05, 3.63) is 53.3 Å². The summed E-state index contributed by atoms with van der Waals surface area (Å²) in [6, 6.07) is 3.84. The summed E-state index contributed by atoms with van der Waals surface area (Å²) < 4.78 is 96.4. The van der Waals surface area contributed by atoms with Crippen LogP contribution in [0.2, 0.25) is 0 Å². The molecular weight excluding hydrogens is 557 g/mol. The smallest absolute Gasteiger partial charge is 0.390 e. The maximum atomic E-state index is 14.1. The van der Waals surface area contributed by atoms with E-state index in [-0.39, 0.29) is 49.7 Å². The second-order valence-electron chi connectivity index (χ2n) is 9.07. The first-order valence-electron chi connectivity index (χ1n) is 11.4. The number of hydrogen-bond donors (Lipinski definition) is 1. The minimum atomic E-state index is -5.31. The molecule has 1 fully saturated rings. The Bertz CT molecular complexity index is 1210. The number of carbonyl (C=O) groups excluding carboxylic acids is 2. The third-order valence-corrected chi connectivity index (χ3v) is 6.85. The van der Waals surface area contributed by atoms with E-state index in [0.29, 0.717) is 6.07 Å². The van der Waals surface area contributed by atoms with Crippen LogP contribution in [0.5, 0.6) is 0 Å². The summed E-state index contributed by atoms with van der Waals surface area (Å²) in [4.78, 5) is 29.6. The summed E-state index contributed by atoms with van der Waals surface area (Å²) in [6.07, 6.45) is -11.5. The molecule has 2 aromatic carbocycles. The second-order valence-corrected chi connectivity index (χ2v) is 10.0. The molecule has 0 spiro atoms. The number of β-amino-alcohol motifs (C(OH)–C–C–N with tert-alkyl or cyclic N) is 1. The Balaban J connectivity index is 2.06. The van der Waals surface area contributed by atoms with Gasteiger partial charge in [-0.25, -0.2) is 9.18 Å². The van der Waals surface area contributed by atoms with Gasteiger partial charge in [0.2, 0.25) is 0 Å². The van der Waals surface area contributed by atoms with Crippen molar-refractivity contribution in [2.45, 2.75) is 23.4 Å². The maximum Gasteiger partial charge on any atom is 0.417 e. The molecule has 0 bridgehead atoms. The minimum absolute atomic E-state index is 0.0000731. The fourth-order valence-corrected chi connectivity index (χ4v) is 4.91. The number of thioether (sulfide) groups is 1. The molecule has 1 heterocycles. The van der Waals surface area contributed by atoms with Gasteiger partial charge in [-0.05, 0) is 62.3 Å². The van der Waals surface area contributed by atoms with Gasteiger partial charge in [-0.2, -0.15) is 26.3 Å². The summed E-state index contributed by atoms with van der Waals surface area (Å²) in [7, 11) is 4.55. The average Bonchev–Trinajstić information content (AvgIpc) is 3.16. The zero-order valence-corrected chi connectivity index (χ0v) is 21.8. The van der Waals surface area contributed by atoms with E-state index in [9.17, 15) is 45.4 Å². The monoisotopic (exact) mass is 582 g/mol. The molecule has 7 nitrogen and oxygen atoms in total. The molecule has 1 aliphatic rings. The predicted molar refractivity (Wildman–Crippen MR) is 131 cm³/mol. The number of hydrogen-bond acceptors (Lipinski definition) is 5. The molecule has 0 aromatic heterocycles. The number of anilines is 2. The van der Waals surface area contributed by atoms with E-state index in [4.69, 9.17) is 0 Å². The molecule has 39 heavy (non-hydrogen) atoms. The third-order valence-electron chi connectivity index (χ3n) is 5.77. The van der Waals surface area contributed by atoms with Crippen molar-refractivity contribution in [3.8, 4) is 0 Å². The topological polar surface area (TPSA) is 67.3 Å². The van der Waals surface area contributed by atoms with Crippen molar-refractivity contribution in [1.29, 1.82) is 0 Å². The lowest BCUT2D eigenvalue weighted by atomic mass is 10.1. The zero-order valence-electron chi connectivity index (χ0n) is 21.0. The number of likely N-dealkylation sites (N-methyl/N-ethyl adjacent to an activating group) is 1. The van der Waals surface area contributed by atoms with E-state index in [1.54, 1.807) is 19.0 Å². The van der Waals surface area contributed by atoms with Crippen LogP contribution in [-0.4, -0.2) is 79.6 Å². The van der Waals surface area contributed by atoms with Crippen LogP contribution in [-0.2, 0) is 12.4 Å². The number of nitrogens with zero attached hydrogens (tertiary/aromatic N) is 4. The largest absolute Gasteiger partial charge is 0.417 e. The van der Waals surface area contributed by atoms with Gasteiger partial charge in [0, 0.05) is 38.9 Å². The highest BCUT2D eigenvalue weighted by Crippen LogP contribution is 2.47. The number of rotatable bonds is 7. The van der Waals surface area contributed by atoms with Crippen LogP contribution in [0.25, 0.3) is 0 Å². The van der Waals surface area contributed by atoms with E-state index in [2.05, 4.69) is 0 Å². The lowest BCUT2D eigenvalue weighted by Gasteiger charge is -2.26. The molecule has 0 radical (unpaired) electrons. The Morgan fingerprint density at radius 2 is 1.64 bits per heavy atom. The molecule has 3 amide bonds. The number of benzene rings is 2. The number of urea groups is 1. The van der Waals surface area contributed by atoms with E-state index in [0.717, 1.165) is 26.8 Å². The third kappa shape index (κ3) is 7.33. The molecule has 1 N–H and O–H groups in total. The van der Waals surface area contributed by atoms with Gasteiger partial charge in [0.25, 0.3) is 5.24 Å². The van der Waals surface area contributed by atoms with Gasteiger partial charge >= 0.3 is 18.4 Å². The van der Waals surface area contributed by atoms with Gasteiger partial charge in [0.05, 0.1) is 27.8 Å². The summed E-state index contributed by atoms with van der Waals surface area (Å²) in [5.74, 6) is -0.621. The van der Waals surface area contributed by atoms with Crippen LogP contribution < -0.4 is 9.80 Å². The van der Waals surface area contributed by atoms with Crippen LogP contribution in [0.3, 0.4) is 0 Å². The van der Waals surface area contributed by atoms with Crippen LogP contribution in [0.4, 0.5) is 51.7 Å². The first-order valence-corrected chi connectivity index (χ1v) is 12.2. The zero-order chi connectivity index (χ0) is 29.3. The van der Waals surface area contributed by atoms with Crippen LogP contribution in [0.1, 0.15) is 11.1 Å². The second kappa shape index (κ2) is 11.6. The van der Waals surface area contributed by atoms with E-state index >= 15 is 0 Å². The van der Waals surface area contributed by atoms with Gasteiger partial charge in [0.1, 0.15) is 5.82 Å². The Morgan fingerprint density at radius 1 is 1.03 bits per heavy atom. The summed E-state index contributed by atoms with van der Waals surface area (Å²) in [5, 5.41) is 9.17. The fraction of sp³-hybridized carbons (Fsp3) is 0.417. The normalized spacial score (nSPS) is 15.3. The first kappa shape index (κ1) is 30.5. The molecule has 2 aromatic rings. The lowest BCUT2D eigenvalue weighted by Crippen LogP contribution is -2.40. The van der Waals surface area contributed by atoms with Crippen molar-refractivity contribution >= 4 is 34.4 Å². The van der Waals surface area contributed by atoms with E-state index < -0.39 is 57.3 Å². The Kier molecular flexibility index (Phi) is 9.07. The maximum absolute atomic E-state index is 14.1. The molecule has 0 saturated carbocycles. The fourth-order valence-electron chi connectivity index (χ4n) is 3.93. The van der Waals surface area contributed by atoms with Gasteiger partial charge in [-0.3, -0.25) is 9.69 Å². The lowest BCUT2D eigenvalue weighted by molar-refractivity contribution is -0.144. The predicted octanol–water partition coefficient (Wildman–Crippen LogP) is 5.38. The van der Waals surface area contributed by atoms with Crippen molar-refractivity contribution < 1.29 is 45.4 Å².